The van der Waals surface area contributed by atoms with Gasteiger partial charge in [0.05, 0.1) is 17.0 Å². The number of alkyl halides is 6. The summed E-state index contributed by atoms with van der Waals surface area (Å²) in [7, 11) is -5.92. The van der Waals surface area contributed by atoms with E-state index in [1.165, 1.54) is 13.0 Å². The third-order valence-electron chi connectivity index (χ3n) is 2.68. The minimum Gasteiger partial charge on any atom is -0.391 e. The summed E-state index contributed by atoms with van der Waals surface area (Å²) in [5, 5.41) is 3.48. The van der Waals surface area contributed by atoms with Gasteiger partial charge in [-0.2, -0.15) is 34.8 Å². The predicted octanol–water partition coefficient (Wildman–Crippen LogP) is 3.89. The van der Waals surface area contributed by atoms with E-state index in [0.717, 1.165) is 10.8 Å². The molecule has 1 N–H and O–H groups in total. The lowest BCUT2D eigenvalue weighted by Crippen LogP contribution is -2.30. The van der Waals surface area contributed by atoms with Crippen LogP contribution in [0.5, 0.6) is 0 Å². The molecule has 0 aliphatic heterocycles. The average Bonchev–Trinajstić information content (AvgIpc) is 2.44. The van der Waals surface area contributed by atoms with E-state index in [9.17, 15) is 34.8 Å². The van der Waals surface area contributed by atoms with Gasteiger partial charge in [0, 0.05) is 5.56 Å². The van der Waals surface area contributed by atoms with Gasteiger partial charge in [0.15, 0.2) is 0 Å². The molecule has 0 saturated carbocycles. The van der Waals surface area contributed by atoms with Gasteiger partial charge in [-0.15, -0.1) is 0 Å². The molecule has 0 atom stereocenters. The van der Waals surface area contributed by atoms with Crippen molar-refractivity contribution in [1.82, 2.24) is 0 Å². The highest BCUT2D eigenvalue weighted by Gasteiger charge is 2.46. The van der Waals surface area contributed by atoms with E-state index in [0.29, 0.717) is 6.07 Å². The molecule has 140 valence electrons. The Labute approximate surface area is 139 Å². The number of hydrogen-bond acceptors (Lipinski definition) is 4. The fourth-order valence-electron chi connectivity index (χ4n) is 1.56. The van der Waals surface area contributed by atoms with Crippen LogP contribution in [-0.2, 0) is 21.0 Å². The Hall–Kier alpha value is -2.24. The first-order valence-electron chi connectivity index (χ1n) is 6.37. The zero-order valence-corrected chi connectivity index (χ0v) is 13.4. The Morgan fingerprint density at radius 1 is 1.28 bits per heavy atom. The molecule has 1 aromatic carbocycles. The Bertz CT molecular complexity index is 769. The van der Waals surface area contributed by atoms with Gasteiger partial charge in [0.25, 0.3) is 0 Å². The van der Waals surface area contributed by atoms with Crippen LogP contribution in [0.2, 0.25) is 0 Å². The third-order valence-corrected chi connectivity index (χ3v) is 3.78. The van der Waals surface area contributed by atoms with Gasteiger partial charge < -0.3 is 4.84 Å². The zero-order valence-electron chi connectivity index (χ0n) is 12.6. The van der Waals surface area contributed by atoms with E-state index in [4.69, 9.17) is 4.84 Å². The first-order valence-corrected chi connectivity index (χ1v) is 7.86. The molecule has 0 aliphatic rings. The highest BCUT2D eigenvalue weighted by atomic mass is 32.2. The van der Waals surface area contributed by atoms with Crippen molar-refractivity contribution in [3.63, 3.8) is 0 Å². The summed E-state index contributed by atoms with van der Waals surface area (Å²) < 4.78 is 99.3. The molecule has 1 rings (SSSR count). The van der Waals surface area contributed by atoms with Crippen molar-refractivity contribution in [2.24, 2.45) is 5.16 Å². The van der Waals surface area contributed by atoms with Crippen LogP contribution in [0.25, 0.3) is 0 Å². The van der Waals surface area contributed by atoms with Crippen molar-refractivity contribution >= 4 is 21.4 Å². The molecule has 0 aromatic heterocycles. The molecule has 0 saturated heterocycles. The molecular formula is C13H12F6N2O3S. The maximum absolute atomic E-state index is 12.8. The number of anilines is 1. The number of rotatable bonds is 6. The highest BCUT2D eigenvalue weighted by molar-refractivity contribution is 7.93. The fraction of sp³-hybridized carbons (Fsp3) is 0.308. The van der Waals surface area contributed by atoms with E-state index in [-0.39, 0.29) is 23.9 Å². The Morgan fingerprint density at radius 2 is 1.88 bits per heavy atom. The minimum absolute atomic E-state index is 0.0679. The number of sulfonamides is 1. The van der Waals surface area contributed by atoms with Crippen molar-refractivity contribution in [3.8, 4) is 0 Å². The Morgan fingerprint density at radius 3 is 2.36 bits per heavy atom. The first-order chi connectivity index (χ1) is 11.3. The van der Waals surface area contributed by atoms with Crippen molar-refractivity contribution in [1.29, 1.82) is 0 Å². The van der Waals surface area contributed by atoms with Crippen LogP contribution in [0.3, 0.4) is 0 Å². The van der Waals surface area contributed by atoms with Crippen molar-refractivity contribution in [2.45, 2.75) is 18.6 Å². The number of halogens is 6. The van der Waals surface area contributed by atoms with Crippen LogP contribution in [0, 0.1) is 0 Å². The summed E-state index contributed by atoms with van der Waals surface area (Å²) >= 11 is 0. The molecule has 0 unspecified atom stereocenters. The Kier molecular flexibility index (Phi) is 6.10. The van der Waals surface area contributed by atoms with E-state index in [1.54, 1.807) is 0 Å². The second-order valence-corrected chi connectivity index (χ2v) is 6.24. The summed E-state index contributed by atoms with van der Waals surface area (Å²) in [4.78, 5) is 4.70. The fourth-order valence-corrected chi connectivity index (χ4v) is 2.13. The van der Waals surface area contributed by atoms with Crippen LogP contribution in [-0.4, -0.2) is 26.2 Å². The smallest absolute Gasteiger partial charge is 0.391 e. The van der Waals surface area contributed by atoms with Crippen LogP contribution in [0.15, 0.2) is 36.0 Å². The SMILES string of the molecule is C=CCON=C(C)c1ccc(C(F)(F)F)cc1NS(=O)(=O)C(F)(F)F. The largest absolute Gasteiger partial charge is 0.516 e. The second-order valence-electron chi connectivity index (χ2n) is 4.57. The van der Waals surface area contributed by atoms with Crippen molar-refractivity contribution < 1.29 is 39.6 Å². The predicted molar refractivity (Wildman–Crippen MR) is 78.4 cm³/mol. The minimum atomic E-state index is -5.92. The van der Waals surface area contributed by atoms with E-state index < -0.39 is 33.0 Å². The normalized spacial score (nSPS) is 13.5. The maximum atomic E-state index is 12.8. The first kappa shape index (κ1) is 20.8. The molecule has 5 nitrogen and oxygen atoms in total. The zero-order chi connectivity index (χ0) is 19.5. The van der Waals surface area contributed by atoms with Crippen LogP contribution >= 0.6 is 0 Å². The van der Waals surface area contributed by atoms with Crippen LogP contribution in [0.1, 0.15) is 18.1 Å². The number of nitrogens with one attached hydrogen (secondary N) is 1. The molecule has 0 radical (unpaired) electrons. The molecule has 1 aromatic rings. The van der Waals surface area contributed by atoms with Crippen molar-refractivity contribution in [3.05, 3.63) is 42.0 Å². The lowest BCUT2D eigenvalue weighted by Gasteiger charge is -2.16. The number of hydrogen-bond donors (Lipinski definition) is 1. The van der Waals surface area contributed by atoms with Crippen LogP contribution < -0.4 is 4.72 Å². The molecule has 0 bridgehead atoms. The summed E-state index contributed by atoms with van der Waals surface area (Å²) in [6.45, 7) is 4.48. The highest BCUT2D eigenvalue weighted by Crippen LogP contribution is 2.34. The van der Waals surface area contributed by atoms with Crippen molar-refractivity contribution in [2.75, 3.05) is 11.3 Å². The number of benzene rings is 1. The van der Waals surface area contributed by atoms with E-state index >= 15 is 0 Å². The molecule has 0 heterocycles. The van der Waals surface area contributed by atoms with Gasteiger partial charge in [-0.05, 0) is 19.1 Å². The quantitative estimate of drug-likeness (QED) is 0.263. The summed E-state index contributed by atoms with van der Waals surface area (Å²) in [5.74, 6) is 0. The molecule has 0 amide bonds. The average molecular weight is 390 g/mol. The maximum Gasteiger partial charge on any atom is 0.516 e. The third kappa shape index (κ3) is 5.37. The molecule has 0 spiro atoms. The van der Waals surface area contributed by atoms with Gasteiger partial charge in [-0.25, -0.2) is 0 Å². The lowest BCUT2D eigenvalue weighted by atomic mass is 10.1. The summed E-state index contributed by atoms with van der Waals surface area (Å²) in [5.41, 5.74) is -8.44. The van der Waals surface area contributed by atoms with Crippen LogP contribution in [0.4, 0.5) is 32.0 Å². The molecule has 25 heavy (non-hydrogen) atoms. The second kappa shape index (κ2) is 7.33. The van der Waals surface area contributed by atoms with E-state index in [2.05, 4.69) is 11.7 Å². The molecule has 12 heteroatoms. The topological polar surface area (TPSA) is 67.8 Å². The standard InChI is InChI=1S/C13H12F6N2O3S/c1-3-6-24-20-8(2)10-5-4-9(12(14,15)16)7-11(10)21-25(22,23)13(17,18)19/h3-5,7,21H,1,6H2,2H3. The van der Waals surface area contributed by atoms with Gasteiger partial charge in [0.1, 0.15) is 6.61 Å². The van der Waals surface area contributed by atoms with Gasteiger partial charge in [-0.3, -0.25) is 4.72 Å². The summed E-state index contributed by atoms with van der Waals surface area (Å²) in [6, 6.07) is 1.60. The molecular weight excluding hydrogens is 378 g/mol. The Balaban J connectivity index is 3.43. The summed E-state index contributed by atoms with van der Waals surface area (Å²) in [6.07, 6.45) is -3.59. The lowest BCUT2D eigenvalue weighted by molar-refractivity contribution is -0.137. The van der Waals surface area contributed by atoms with Gasteiger partial charge >= 0.3 is 21.7 Å². The molecule has 0 fully saturated rings. The number of oxime groups is 1. The molecule has 0 aliphatic carbocycles. The monoisotopic (exact) mass is 390 g/mol. The van der Waals surface area contributed by atoms with Gasteiger partial charge in [0.2, 0.25) is 0 Å². The van der Waals surface area contributed by atoms with Gasteiger partial charge in [-0.1, -0.05) is 23.9 Å². The number of nitrogens with zero attached hydrogens (tertiary/aromatic N) is 1. The van der Waals surface area contributed by atoms with E-state index in [1.807, 2.05) is 0 Å².